The Labute approximate surface area is 98.6 Å². The quantitative estimate of drug-likeness (QED) is 0.202. The van der Waals surface area contributed by atoms with Crippen molar-refractivity contribution in [3.05, 3.63) is 0 Å². The van der Waals surface area contributed by atoms with Crippen molar-refractivity contribution in [2.24, 2.45) is 5.73 Å². The van der Waals surface area contributed by atoms with E-state index in [-0.39, 0.29) is 13.2 Å². The molecule has 0 saturated carbocycles. The number of rotatable bonds is 10. The number of aliphatic hydroxyl groups excluding tert-OH is 2. The zero-order chi connectivity index (χ0) is 12.5. The van der Waals surface area contributed by atoms with Gasteiger partial charge in [0.2, 0.25) is 0 Å². The fourth-order valence-electron chi connectivity index (χ4n) is 0.789. The van der Waals surface area contributed by atoms with Gasteiger partial charge in [-0.3, -0.25) is 10.9 Å². The maximum absolute atomic E-state index is 8.27. The Morgan fingerprint density at radius 1 is 0.938 bits per heavy atom. The Morgan fingerprint density at radius 3 is 2.06 bits per heavy atom. The van der Waals surface area contributed by atoms with Crippen molar-refractivity contribution in [3.63, 3.8) is 0 Å². The van der Waals surface area contributed by atoms with Crippen LogP contribution in [0, 0.1) is 0 Å². The van der Waals surface area contributed by atoms with Crippen LogP contribution in [0.15, 0.2) is 0 Å². The Bertz CT molecular complexity index is 82.8. The van der Waals surface area contributed by atoms with Crippen molar-refractivity contribution < 1.29 is 10.2 Å². The molecule has 0 fully saturated rings. The third-order valence-corrected chi connectivity index (χ3v) is 1.58. The summed E-state index contributed by atoms with van der Waals surface area (Å²) < 4.78 is 0. The summed E-state index contributed by atoms with van der Waals surface area (Å²) in [5.41, 5.74) is 11.0. The highest BCUT2D eigenvalue weighted by Crippen LogP contribution is 1.66. The molecule has 100 valence electrons. The normalized spacial score (nSPS) is 9.75. The van der Waals surface area contributed by atoms with Crippen LogP contribution in [0.2, 0.25) is 0 Å². The van der Waals surface area contributed by atoms with E-state index in [4.69, 9.17) is 15.9 Å². The summed E-state index contributed by atoms with van der Waals surface area (Å²) in [6, 6.07) is 0. The minimum absolute atomic E-state index is 0.191. The Hall–Kier alpha value is -0.240. The SMILES string of the molecule is CCCNNCCO.NCCCNCCO. The second-order valence-corrected chi connectivity index (χ2v) is 3.19. The summed E-state index contributed by atoms with van der Waals surface area (Å²) in [6.45, 7) is 6.39. The fraction of sp³-hybridized carbons (Fsp3) is 1.00. The van der Waals surface area contributed by atoms with E-state index >= 15 is 0 Å². The Morgan fingerprint density at radius 2 is 1.56 bits per heavy atom. The Balaban J connectivity index is 0. The zero-order valence-corrected chi connectivity index (χ0v) is 10.3. The molecule has 0 aromatic rings. The summed E-state index contributed by atoms with van der Waals surface area (Å²) in [7, 11) is 0. The number of hydrazine groups is 1. The molecule has 0 rings (SSSR count). The molecule has 0 saturated heterocycles. The minimum atomic E-state index is 0.191. The van der Waals surface area contributed by atoms with E-state index in [9.17, 15) is 0 Å². The van der Waals surface area contributed by atoms with Gasteiger partial charge in [0.25, 0.3) is 0 Å². The molecule has 0 bridgehead atoms. The van der Waals surface area contributed by atoms with Gasteiger partial charge in [0.1, 0.15) is 0 Å². The molecule has 0 aliphatic rings. The summed E-state index contributed by atoms with van der Waals surface area (Å²) in [4.78, 5) is 0. The Kier molecular flexibility index (Phi) is 22.9. The van der Waals surface area contributed by atoms with E-state index in [1.165, 1.54) is 0 Å². The third-order valence-electron chi connectivity index (χ3n) is 1.58. The van der Waals surface area contributed by atoms with Crippen LogP contribution < -0.4 is 21.9 Å². The van der Waals surface area contributed by atoms with Gasteiger partial charge in [-0.05, 0) is 25.9 Å². The average molecular weight is 236 g/mol. The molecule has 0 aliphatic carbocycles. The highest BCUT2D eigenvalue weighted by atomic mass is 16.3. The number of hydrogen-bond donors (Lipinski definition) is 6. The van der Waals surface area contributed by atoms with Crippen LogP contribution in [0.5, 0.6) is 0 Å². The van der Waals surface area contributed by atoms with Crippen LogP contribution in [0.4, 0.5) is 0 Å². The summed E-state index contributed by atoms with van der Waals surface area (Å²) >= 11 is 0. The lowest BCUT2D eigenvalue weighted by Gasteiger charge is -2.00. The first kappa shape index (κ1) is 18.1. The van der Waals surface area contributed by atoms with Crippen LogP contribution in [0.1, 0.15) is 19.8 Å². The van der Waals surface area contributed by atoms with Gasteiger partial charge in [0.15, 0.2) is 0 Å². The lowest BCUT2D eigenvalue weighted by Crippen LogP contribution is -2.34. The van der Waals surface area contributed by atoms with Gasteiger partial charge >= 0.3 is 0 Å². The van der Waals surface area contributed by atoms with E-state index < -0.39 is 0 Å². The second kappa shape index (κ2) is 20.2. The lowest BCUT2D eigenvalue weighted by molar-refractivity contribution is 0.283. The maximum Gasteiger partial charge on any atom is 0.0569 e. The number of nitrogens with one attached hydrogen (secondary N) is 3. The third kappa shape index (κ3) is 23.5. The summed E-state index contributed by atoms with van der Waals surface area (Å²) in [5.74, 6) is 0. The van der Waals surface area contributed by atoms with Gasteiger partial charge in [-0.25, -0.2) is 0 Å². The average Bonchev–Trinajstić information content (AvgIpc) is 2.31. The van der Waals surface area contributed by atoms with E-state index in [0.29, 0.717) is 13.1 Å². The van der Waals surface area contributed by atoms with Gasteiger partial charge in [0.05, 0.1) is 13.2 Å². The van der Waals surface area contributed by atoms with E-state index in [1.54, 1.807) is 0 Å². The molecule has 0 unspecified atom stereocenters. The highest BCUT2D eigenvalue weighted by molar-refractivity contribution is 4.45. The van der Waals surface area contributed by atoms with Crippen molar-refractivity contribution >= 4 is 0 Å². The van der Waals surface area contributed by atoms with Crippen LogP contribution >= 0.6 is 0 Å². The summed E-state index contributed by atoms with van der Waals surface area (Å²) in [5, 5.41) is 19.5. The molecule has 0 aliphatic heterocycles. The van der Waals surface area contributed by atoms with Crippen LogP contribution in [-0.4, -0.2) is 56.2 Å². The molecule has 6 heteroatoms. The molecule has 0 aromatic heterocycles. The largest absolute Gasteiger partial charge is 0.395 e. The predicted octanol–water partition coefficient (Wildman–Crippen LogP) is -1.60. The standard InChI is InChI=1S/2C5H14N2O/c1-2-3-6-7-4-5-8;6-2-1-3-7-4-5-8/h6-8H,2-5H2,1H3;7-8H,1-6H2. The molecule has 16 heavy (non-hydrogen) atoms. The number of nitrogens with two attached hydrogens (primary N) is 1. The molecule has 0 heterocycles. The minimum Gasteiger partial charge on any atom is -0.395 e. The molecule has 7 N–H and O–H groups in total. The zero-order valence-electron chi connectivity index (χ0n) is 10.3. The highest BCUT2D eigenvalue weighted by Gasteiger charge is 1.81. The molecule has 0 spiro atoms. The van der Waals surface area contributed by atoms with Gasteiger partial charge in [-0.2, -0.15) is 0 Å². The van der Waals surface area contributed by atoms with Gasteiger partial charge in [-0.15, -0.1) is 0 Å². The van der Waals surface area contributed by atoms with Crippen molar-refractivity contribution in [1.82, 2.24) is 16.2 Å². The van der Waals surface area contributed by atoms with Crippen LogP contribution in [0.25, 0.3) is 0 Å². The predicted molar refractivity (Wildman–Crippen MR) is 67.0 cm³/mol. The summed E-state index contributed by atoms with van der Waals surface area (Å²) in [6.07, 6.45) is 2.10. The van der Waals surface area contributed by atoms with Crippen LogP contribution in [-0.2, 0) is 0 Å². The topological polar surface area (TPSA) is 103 Å². The van der Waals surface area contributed by atoms with Crippen LogP contribution in [0.3, 0.4) is 0 Å². The van der Waals surface area contributed by atoms with E-state index in [0.717, 1.165) is 32.5 Å². The molecule has 0 amide bonds. The van der Waals surface area contributed by atoms with E-state index in [1.807, 2.05) is 0 Å². The molecule has 0 aromatic carbocycles. The first-order valence-electron chi connectivity index (χ1n) is 5.91. The van der Waals surface area contributed by atoms with Crippen molar-refractivity contribution in [1.29, 1.82) is 0 Å². The molecular formula is C10H28N4O2. The van der Waals surface area contributed by atoms with E-state index in [2.05, 4.69) is 23.1 Å². The number of aliphatic hydroxyl groups is 2. The molecular weight excluding hydrogens is 208 g/mol. The van der Waals surface area contributed by atoms with Gasteiger partial charge < -0.3 is 21.3 Å². The monoisotopic (exact) mass is 236 g/mol. The molecule has 0 radical (unpaired) electrons. The lowest BCUT2D eigenvalue weighted by atomic mass is 10.4. The molecule has 6 nitrogen and oxygen atoms in total. The maximum atomic E-state index is 8.27. The van der Waals surface area contributed by atoms with Crippen molar-refractivity contribution in [2.45, 2.75) is 19.8 Å². The fourth-order valence-corrected chi connectivity index (χ4v) is 0.789. The number of hydrogen-bond acceptors (Lipinski definition) is 6. The first-order valence-corrected chi connectivity index (χ1v) is 5.91. The first-order chi connectivity index (χ1) is 7.83. The smallest absolute Gasteiger partial charge is 0.0569 e. The van der Waals surface area contributed by atoms with Crippen molar-refractivity contribution in [2.75, 3.05) is 45.9 Å². The molecule has 0 atom stereocenters. The van der Waals surface area contributed by atoms with Crippen molar-refractivity contribution in [3.8, 4) is 0 Å². The van der Waals surface area contributed by atoms with Gasteiger partial charge in [-0.1, -0.05) is 6.92 Å². The second-order valence-electron chi connectivity index (χ2n) is 3.19. The van der Waals surface area contributed by atoms with Gasteiger partial charge in [0, 0.05) is 19.6 Å².